The summed E-state index contributed by atoms with van der Waals surface area (Å²) in [6.45, 7) is 4.07. The van der Waals surface area contributed by atoms with Gasteiger partial charge in [0.05, 0.1) is 11.2 Å². The van der Waals surface area contributed by atoms with E-state index in [0.717, 1.165) is 39.2 Å². The van der Waals surface area contributed by atoms with Crippen LogP contribution in [0.4, 0.5) is 0 Å². The number of aromatic nitrogens is 3. The Labute approximate surface area is 140 Å². The van der Waals surface area contributed by atoms with E-state index in [2.05, 4.69) is 18.1 Å². The number of nitrogens with zero attached hydrogens (tertiary/aromatic N) is 3. The van der Waals surface area contributed by atoms with Gasteiger partial charge in [-0.3, -0.25) is 0 Å². The van der Waals surface area contributed by atoms with Crippen LogP contribution in [0.3, 0.4) is 0 Å². The Morgan fingerprint density at radius 2 is 1.67 bits per heavy atom. The zero-order valence-corrected chi connectivity index (χ0v) is 13.6. The molecule has 0 aliphatic carbocycles. The van der Waals surface area contributed by atoms with Crippen LogP contribution in [0.1, 0.15) is 11.3 Å². The Morgan fingerprint density at radius 3 is 2.50 bits per heavy atom. The molecule has 0 spiro atoms. The van der Waals surface area contributed by atoms with Crippen LogP contribution < -0.4 is 0 Å². The third-order valence-electron chi connectivity index (χ3n) is 4.19. The summed E-state index contributed by atoms with van der Waals surface area (Å²) < 4.78 is 1.82. The molecule has 4 nitrogen and oxygen atoms in total. The molecular formula is C20H17N3O. The van der Waals surface area contributed by atoms with Gasteiger partial charge in [0.2, 0.25) is 0 Å². The predicted octanol–water partition coefficient (Wildman–Crippen LogP) is 4.41. The number of rotatable bonds is 2. The summed E-state index contributed by atoms with van der Waals surface area (Å²) >= 11 is 0. The molecule has 24 heavy (non-hydrogen) atoms. The maximum atomic E-state index is 10.1. The largest absolute Gasteiger partial charge is 0.507 e. The standard InChI is InChI=1S/C20H17N3O/c1-13-11-20(21-17-9-5-3-7-15(13)17)23-14(2)12-18(22-23)16-8-4-6-10-19(16)24/h3-12,24H,1-2H3. The van der Waals surface area contributed by atoms with Crippen molar-refractivity contribution >= 4 is 10.9 Å². The van der Waals surface area contributed by atoms with Gasteiger partial charge < -0.3 is 5.11 Å². The molecule has 118 valence electrons. The molecule has 4 rings (SSSR count). The van der Waals surface area contributed by atoms with Gasteiger partial charge in [-0.05, 0) is 49.7 Å². The topological polar surface area (TPSA) is 50.9 Å². The summed E-state index contributed by atoms with van der Waals surface area (Å²) in [6, 6.07) is 19.3. The molecule has 0 fully saturated rings. The highest BCUT2D eigenvalue weighted by Gasteiger charge is 2.13. The Kier molecular flexibility index (Phi) is 3.31. The Hall–Kier alpha value is -3.14. The van der Waals surface area contributed by atoms with E-state index in [1.165, 1.54) is 0 Å². The maximum absolute atomic E-state index is 10.1. The summed E-state index contributed by atoms with van der Waals surface area (Å²) in [6.07, 6.45) is 0. The minimum Gasteiger partial charge on any atom is -0.507 e. The van der Waals surface area contributed by atoms with Crippen molar-refractivity contribution in [3.8, 4) is 22.8 Å². The molecule has 4 heteroatoms. The number of phenols is 1. The predicted molar refractivity (Wildman–Crippen MR) is 95.4 cm³/mol. The molecule has 0 aliphatic heterocycles. The Bertz CT molecular complexity index is 1050. The summed E-state index contributed by atoms with van der Waals surface area (Å²) in [5, 5.41) is 15.9. The van der Waals surface area contributed by atoms with Gasteiger partial charge in [-0.15, -0.1) is 0 Å². The molecule has 0 saturated heterocycles. The van der Waals surface area contributed by atoms with Crippen molar-refractivity contribution in [2.24, 2.45) is 0 Å². The molecule has 0 aliphatic rings. The SMILES string of the molecule is Cc1cc(-n2nc(-c3ccccc3O)cc2C)nc2ccccc12. The second-order valence-electron chi connectivity index (χ2n) is 5.91. The van der Waals surface area contributed by atoms with Gasteiger partial charge in [-0.25, -0.2) is 9.67 Å². The van der Waals surface area contributed by atoms with E-state index in [4.69, 9.17) is 4.98 Å². The van der Waals surface area contributed by atoms with Crippen molar-refractivity contribution in [1.82, 2.24) is 14.8 Å². The third kappa shape index (κ3) is 2.33. The number of phenolic OH excluding ortho intramolecular Hbond substituents is 1. The molecule has 2 aromatic heterocycles. The molecule has 0 amide bonds. The van der Waals surface area contributed by atoms with Crippen molar-refractivity contribution in [1.29, 1.82) is 0 Å². The lowest BCUT2D eigenvalue weighted by Gasteiger charge is -2.08. The molecule has 0 radical (unpaired) electrons. The average Bonchev–Trinajstić information content (AvgIpc) is 2.97. The number of para-hydroxylation sites is 2. The van der Waals surface area contributed by atoms with E-state index in [9.17, 15) is 5.11 Å². The van der Waals surface area contributed by atoms with Crippen LogP contribution in [0.2, 0.25) is 0 Å². The number of fused-ring (bicyclic) bond motifs is 1. The molecule has 0 saturated carbocycles. The van der Waals surface area contributed by atoms with Crippen LogP contribution in [-0.2, 0) is 0 Å². The summed E-state index contributed by atoms with van der Waals surface area (Å²) in [5.74, 6) is 1.01. The van der Waals surface area contributed by atoms with Crippen molar-refractivity contribution in [3.05, 3.63) is 71.9 Å². The van der Waals surface area contributed by atoms with Crippen molar-refractivity contribution < 1.29 is 5.11 Å². The zero-order chi connectivity index (χ0) is 16.7. The van der Waals surface area contributed by atoms with E-state index >= 15 is 0 Å². The van der Waals surface area contributed by atoms with Gasteiger partial charge in [-0.2, -0.15) is 5.10 Å². The van der Waals surface area contributed by atoms with Gasteiger partial charge in [0.15, 0.2) is 5.82 Å². The molecule has 2 aromatic carbocycles. The smallest absolute Gasteiger partial charge is 0.154 e. The zero-order valence-electron chi connectivity index (χ0n) is 13.6. The lowest BCUT2D eigenvalue weighted by Crippen LogP contribution is -2.03. The number of benzene rings is 2. The van der Waals surface area contributed by atoms with E-state index in [0.29, 0.717) is 0 Å². The number of aromatic hydroxyl groups is 1. The maximum Gasteiger partial charge on any atom is 0.154 e. The van der Waals surface area contributed by atoms with Gasteiger partial charge in [-0.1, -0.05) is 30.3 Å². The highest BCUT2D eigenvalue weighted by Crippen LogP contribution is 2.29. The molecule has 0 unspecified atom stereocenters. The van der Waals surface area contributed by atoms with E-state index in [1.54, 1.807) is 12.1 Å². The normalized spacial score (nSPS) is 11.1. The summed E-state index contributed by atoms with van der Waals surface area (Å²) in [7, 11) is 0. The highest BCUT2D eigenvalue weighted by atomic mass is 16.3. The molecule has 0 bridgehead atoms. The number of pyridine rings is 1. The van der Waals surface area contributed by atoms with E-state index in [-0.39, 0.29) is 5.75 Å². The quantitative estimate of drug-likeness (QED) is 0.596. The van der Waals surface area contributed by atoms with Crippen LogP contribution in [0.15, 0.2) is 60.7 Å². The van der Waals surface area contributed by atoms with Gasteiger partial charge in [0, 0.05) is 16.6 Å². The van der Waals surface area contributed by atoms with Crippen LogP contribution in [0.5, 0.6) is 5.75 Å². The first-order valence-electron chi connectivity index (χ1n) is 7.85. The van der Waals surface area contributed by atoms with Gasteiger partial charge >= 0.3 is 0 Å². The van der Waals surface area contributed by atoms with Crippen LogP contribution in [-0.4, -0.2) is 19.9 Å². The first-order chi connectivity index (χ1) is 11.6. The van der Waals surface area contributed by atoms with Gasteiger partial charge in [0.25, 0.3) is 0 Å². The number of aryl methyl sites for hydroxylation is 2. The fraction of sp³-hybridized carbons (Fsp3) is 0.100. The first-order valence-corrected chi connectivity index (χ1v) is 7.85. The first kappa shape index (κ1) is 14.5. The van der Waals surface area contributed by atoms with Crippen LogP contribution in [0, 0.1) is 13.8 Å². The fourth-order valence-corrected chi connectivity index (χ4v) is 2.97. The Morgan fingerprint density at radius 1 is 0.917 bits per heavy atom. The second kappa shape index (κ2) is 5.49. The highest BCUT2D eigenvalue weighted by molar-refractivity contribution is 5.83. The third-order valence-corrected chi connectivity index (χ3v) is 4.19. The molecule has 2 heterocycles. The second-order valence-corrected chi connectivity index (χ2v) is 5.91. The lowest BCUT2D eigenvalue weighted by atomic mass is 10.1. The van der Waals surface area contributed by atoms with E-state index < -0.39 is 0 Å². The average molecular weight is 315 g/mol. The van der Waals surface area contributed by atoms with Crippen LogP contribution in [0.25, 0.3) is 28.0 Å². The number of hydrogen-bond acceptors (Lipinski definition) is 3. The fourth-order valence-electron chi connectivity index (χ4n) is 2.97. The van der Waals surface area contributed by atoms with E-state index in [1.807, 2.05) is 54.1 Å². The van der Waals surface area contributed by atoms with Gasteiger partial charge in [0.1, 0.15) is 5.75 Å². The van der Waals surface area contributed by atoms with Crippen molar-refractivity contribution in [3.63, 3.8) is 0 Å². The summed E-state index contributed by atoms with van der Waals surface area (Å²) in [4.78, 5) is 4.73. The molecular weight excluding hydrogens is 298 g/mol. The number of hydrogen-bond donors (Lipinski definition) is 1. The lowest BCUT2D eigenvalue weighted by molar-refractivity contribution is 0.477. The van der Waals surface area contributed by atoms with Crippen molar-refractivity contribution in [2.45, 2.75) is 13.8 Å². The molecule has 0 atom stereocenters. The summed E-state index contributed by atoms with van der Waals surface area (Å²) in [5.41, 5.74) is 4.53. The monoisotopic (exact) mass is 315 g/mol. The minimum absolute atomic E-state index is 0.227. The molecule has 1 N–H and O–H groups in total. The minimum atomic E-state index is 0.227. The van der Waals surface area contributed by atoms with Crippen molar-refractivity contribution in [2.75, 3.05) is 0 Å². The van der Waals surface area contributed by atoms with Crippen LogP contribution >= 0.6 is 0 Å². The Balaban J connectivity index is 1.88. The molecule has 4 aromatic rings.